The Hall–Kier alpha value is -3.84. The summed E-state index contributed by atoms with van der Waals surface area (Å²) < 4.78 is 67.9. The smallest absolute Gasteiger partial charge is 0.282 e. The molecule has 0 amide bonds. The number of benzene rings is 4. The van der Waals surface area contributed by atoms with E-state index in [0.29, 0.717) is 38.8 Å². The molecule has 0 unspecified atom stereocenters. The van der Waals surface area contributed by atoms with Gasteiger partial charge in [-0.15, -0.1) is 15.3 Å². The molecular formula is C28H28N4O6S2. The number of azo groups is 2. The fourth-order valence-electron chi connectivity index (χ4n) is 4.62. The zero-order valence-electron chi connectivity index (χ0n) is 22.8. The summed E-state index contributed by atoms with van der Waals surface area (Å²) in [5.41, 5.74) is 5.58. The van der Waals surface area contributed by atoms with E-state index in [4.69, 9.17) is 0 Å². The lowest BCUT2D eigenvalue weighted by Crippen LogP contribution is -2.01. The summed E-state index contributed by atoms with van der Waals surface area (Å²) in [4.78, 5) is -0.758. The average Bonchev–Trinajstić information content (AvgIpc) is 2.84. The van der Waals surface area contributed by atoms with Gasteiger partial charge in [-0.25, -0.2) is 0 Å². The lowest BCUT2D eigenvalue weighted by molar-refractivity contribution is 0.481. The van der Waals surface area contributed by atoms with Gasteiger partial charge in [-0.2, -0.15) is 21.9 Å². The van der Waals surface area contributed by atoms with E-state index >= 15 is 0 Å². The molecule has 4 aromatic rings. The van der Waals surface area contributed by atoms with Crippen LogP contribution in [0.15, 0.2) is 78.8 Å². The van der Waals surface area contributed by atoms with Gasteiger partial charge in [-0.3, -0.25) is 9.11 Å². The summed E-state index contributed by atoms with van der Waals surface area (Å²) in [5.74, 6) is 0. The molecule has 40 heavy (non-hydrogen) atoms. The molecule has 4 rings (SSSR count). The van der Waals surface area contributed by atoms with E-state index in [9.17, 15) is 25.9 Å². The Morgan fingerprint density at radius 1 is 0.550 bits per heavy atom. The fraction of sp³-hybridized carbons (Fsp3) is 0.214. The highest BCUT2D eigenvalue weighted by atomic mass is 32.2. The first-order valence-electron chi connectivity index (χ1n) is 12.1. The Kier molecular flexibility index (Phi) is 7.74. The molecule has 0 aromatic heterocycles. The molecule has 2 N–H and O–H groups in total. The van der Waals surface area contributed by atoms with Crippen molar-refractivity contribution in [3.05, 3.63) is 81.9 Å². The number of fused-ring (bicyclic) bond motifs is 1. The van der Waals surface area contributed by atoms with E-state index in [-0.39, 0.29) is 21.2 Å². The van der Waals surface area contributed by atoms with E-state index in [1.807, 2.05) is 32.9 Å². The van der Waals surface area contributed by atoms with Crippen LogP contribution in [0.25, 0.3) is 10.8 Å². The zero-order chi connectivity index (χ0) is 29.6. The van der Waals surface area contributed by atoms with Crippen LogP contribution in [-0.4, -0.2) is 25.9 Å². The van der Waals surface area contributed by atoms with Gasteiger partial charge in [0.05, 0.1) is 11.4 Å². The fourth-order valence-corrected chi connectivity index (χ4v) is 5.96. The summed E-state index contributed by atoms with van der Waals surface area (Å²) in [6.07, 6.45) is 0. The van der Waals surface area contributed by atoms with Crippen molar-refractivity contribution >= 4 is 53.8 Å². The minimum Gasteiger partial charge on any atom is -0.282 e. The third-order valence-electron chi connectivity index (χ3n) is 6.76. The molecule has 0 saturated heterocycles. The minimum atomic E-state index is -4.65. The van der Waals surface area contributed by atoms with Crippen molar-refractivity contribution in [2.75, 3.05) is 0 Å². The van der Waals surface area contributed by atoms with Crippen molar-refractivity contribution < 1.29 is 25.9 Å². The molecular weight excluding hydrogens is 552 g/mol. The Balaban J connectivity index is 1.95. The van der Waals surface area contributed by atoms with Crippen LogP contribution in [-0.2, 0) is 20.2 Å². The number of aryl methyl sites for hydroxylation is 6. The third kappa shape index (κ3) is 5.70. The van der Waals surface area contributed by atoms with E-state index in [1.54, 1.807) is 32.9 Å². The molecule has 0 radical (unpaired) electrons. The minimum absolute atomic E-state index is 0.0146. The summed E-state index contributed by atoms with van der Waals surface area (Å²) in [6.45, 7) is 11.0. The van der Waals surface area contributed by atoms with Crippen LogP contribution in [0.4, 0.5) is 22.7 Å². The van der Waals surface area contributed by atoms with Gasteiger partial charge in [0.15, 0.2) is 0 Å². The van der Waals surface area contributed by atoms with Gasteiger partial charge >= 0.3 is 0 Å². The van der Waals surface area contributed by atoms with Crippen molar-refractivity contribution in [1.82, 2.24) is 0 Å². The molecule has 0 spiro atoms. The molecule has 4 aromatic carbocycles. The largest absolute Gasteiger partial charge is 0.296 e. The van der Waals surface area contributed by atoms with Gasteiger partial charge in [0, 0.05) is 0 Å². The second-order valence-electron chi connectivity index (χ2n) is 9.65. The number of rotatable bonds is 6. The first-order valence-corrected chi connectivity index (χ1v) is 15.0. The van der Waals surface area contributed by atoms with Gasteiger partial charge in [-0.1, -0.05) is 18.2 Å². The number of nitrogens with zero attached hydrogens (tertiary/aromatic N) is 4. The molecule has 0 fully saturated rings. The monoisotopic (exact) mass is 580 g/mol. The first kappa shape index (κ1) is 29.2. The van der Waals surface area contributed by atoms with E-state index in [0.717, 1.165) is 16.7 Å². The van der Waals surface area contributed by atoms with Crippen LogP contribution in [0.1, 0.15) is 33.4 Å². The third-order valence-corrected chi connectivity index (χ3v) is 8.53. The van der Waals surface area contributed by atoms with Crippen LogP contribution in [0.5, 0.6) is 0 Å². The highest BCUT2D eigenvalue weighted by Gasteiger charge is 2.23. The second kappa shape index (κ2) is 10.6. The van der Waals surface area contributed by atoms with Crippen LogP contribution in [0.2, 0.25) is 0 Å². The lowest BCUT2D eigenvalue weighted by atomic mass is 9.95. The average molecular weight is 581 g/mol. The summed E-state index contributed by atoms with van der Waals surface area (Å²) in [6, 6.07) is 12.5. The normalized spacial score (nSPS) is 12.7. The molecule has 0 aliphatic rings. The molecule has 0 aliphatic heterocycles. The summed E-state index contributed by atoms with van der Waals surface area (Å²) in [5, 5.41) is 18.1. The molecule has 0 aliphatic carbocycles. The molecule has 0 heterocycles. The standard InChI is InChI=1S/C28H28N4O6S2/c1-15-11-17(3)23(13-16(15)2)30-32-28-20(6)26-19(5)27(18(4)12-21(26)14-25(28)40(36,37)38)31-29-22-9-7-8-10-24(22)39(33,34)35/h7-14H,1-6H3,(H,33,34,35)(H,36,37,38). The number of hydrogen-bond donors (Lipinski definition) is 2. The van der Waals surface area contributed by atoms with Gasteiger partial charge in [-0.05, 0) is 116 Å². The maximum atomic E-state index is 12.4. The predicted molar refractivity (Wildman–Crippen MR) is 153 cm³/mol. The van der Waals surface area contributed by atoms with Crippen LogP contribution < -0.4 is 0 Å². The van der Waals surface area contributed by atoms with Gasteiger partial charge < -0.3 is 0 Å². The Bertz CT molecular complexity index is 1970. The van der Waals surface area contributed by atoms with Gasteiger partial charge in [0.25, 0.3) is 20.2 Å². The Labute approximate surface area is 233 Å². The zero-order valence-corrected chi connectivity index (χ0v) is 24.4. The van der Waals surface area contributed by atoms with Crippen molar-refractivity contribution in [2.45, 2.75) is 51.3 Å². The highest BCUT2D eigenvalue weighted by molar-refractivity contribution is 7.86. The predicted octanol–water partition coefficient (Wildman–Crippen LogP) is 8.01. The molecule has 0 bridgehead atoms. The first-order chi connectivity index (χ1) is 18.6. The summed E-state index contributed by atoms with van der Waals surface area (Å²) in [7, 11) is -9.17. The van der Waals surface area contributed by atoms with Gasteiger partial charge in [0.1, 0.15) is 21.2 Å². The van der Waals surface area contributed by atoms with Crippen molar-refractivity contribution in [3.63, 3.8) is 0 Å². The van der Waals surface area contributed by atoms with Crippen molar-refractivity contribution in [3.8, 4) is 0 Å². The molecule has 0 atom stereocenters. The molecule has 208 valence electrons. The highest BCUT2D eigenvalue weighted by Crippen LogP contribution is 2.42. The van der Waals surface area contributed by atoms with E-state index in [2.05, 4.69) is 20.5 Å². The van der Waals surface area contributed by atoms with Gasteiger partial charge in [0.2, 0.25) is 0 Å². The van der Waals surface area contributed by atoms with Crippen molar-refractivity contribution in [1.29, 1.82) is 0 Å². The maximum Gasteiger partial charge on any atom is 0.296 e. The molecule has 10 nitrogen and oxygen atoms in total. The van der Waals surface area contributed by atoms with E-state index < -0.39 is 20.2 Å². The number of hydrogen-bond acceptors (Lipinski definition) is 8. The lowest BCUT2D eigenvalue weighted by Gasteiger charge is -2.15. The van der Waals surface area contributed by atoms with Crippen molar-refractivity contribution in [2.24, 2.45) is 20.5 Å². The van der Waals surface area contributed by atoms with Crippen LogP contribution in [0.3, 0.4) is 0 Å². The van der Waals surface area contributed by atoms with E-state index in [1.165, 1.54) is 24.3 Å². The SMILES string of the molecule is Cc1cc(C)c(N=Nc2c(S(=O)(=O)O)cc3cc(C)c(N=Nc4ccccc4S(=O)(=O)O)c(C)c3c2C)cc1C. The summed E-state index contributed by atoms with van der Waals surface area (Å²) >= 11 is 0. The second-order valence-corrected chi connectivity index (χ2v) is 12.4. The quantitative estimate of drug-likeness (QED) is 0.174. The van der Waals surface area contributed by atoms with Crippen LogP contribution in [0, 0.1) is 41.5 Å². The Morgan fingerprint density at radius 2 is 1.10 bits per heavy atom. The molecule has 12 heteroatoms. The maximum absolute atomic E-state index is 12.4. The topological polar surface area (TPSA) is 158 Å². The van der Waals surface area contributed by atoms with Crippen LogP contribution >= 0.6 is 0 Å². The molecule has 0 saturated carbocycles. The Morgan fingerprint density at radius 3 is 1.75 bits per heavy atom.